The molecule has 0 bridgehead atoms. The molecule has 2 heterocycles. The summed E-state index contributed by atoms with van der Waals surface area (Å²) in [6.45, 7) is 5.16. The van der Waals surface area contributed by atoms with Crippen LogP contribution in [0.15, 0.2) is 0 Å². The van der Waals surface area contributed by atoms with E-state index in [1.165, 1.54) is 0 Å². The Morgan fingerprint density at radius 2 is 1.83 bits per heavy atom. The van der Waals surface area contributed by atoms with E-state index in [1.807, 2.05) is 13.8 Å². The molecule has 0 spiro atoms. The fourth-order valence-corrected chi connectivity index (χ4v) is 1.72. The second-order valence-electron chi connectivity index (χ2n) is 4.27. The van der Waals surface area contributed by atoms with Gasteiger partial charge in [-0.1, -0.05) is 0 Å². The highest BCUT2D eigenvalue weighted by atomic mass is 35.5. The molecule has 0 aliphatic carbocycles. The van der Waals surface area contributed by atoms with Crippen molar-refractivity contribution >= 4 is 11.6 Å². The van der Waals surface area contributed by atoms with Gasteiger partial charge in [0, 0.05) is 12.8 Å². The van der Waals surface area contributed by atoms with Gasteiger partial charge in [0.25, 0.3) is 0 Å². The molecule has 1 aromatic rings. The fourth-order valence-electron chi connectivity index (χ4n) is 1.57. The van der Waals surface area contributed by atoms with Crippen LogP contribution in [0.25, 0.3) is 0 Å². The number of rotatable bonds is 4. The van der Waals surface area contributed by atoms with E-state index in [0.717, 1.165) is 12.8 Å². The molecular weight excluding hydrogens is 258 g/mol. The van der Waals surface area contributed by atoms with Crippen LogP contribution in [0.3, 0.4) is 0 Å². The zero-order chi connectivity index (χ0) is 13.0. The van der Waals surface area contributed by atoms with Crippen molar-refractivity contribution in [2.24, 2.45) is 0 Å². The van der Waals surface area contributed by atoms with Gasteiger partial charge in [0.15, 0.2) is 0 Å². The number of nitrogens with zero attached hydrogens (tertiary/aromatic N) is 3. The van der Waals surface area contributed by atoms with E-state index in [-0.39, 0.29) is 29.5 Å². The Morgan fingerprint density at radius 1 is 1.17 bits per heavy atom. The van der Waals surface area contributed by atoms with Gasteiger partial charge in [-0.2, -0.15) is 9.97 Å². The number of aromatic nitrogens is 3. The van der Waals surface area contributed by atoms with Crippen molar-refractivity contribution < 1.29 is 14.2 Å². The topological polar surface area (TPSA) is 66.4 Å². The Morgan fingerprint density at radius 3 is 2.50 bits per heavy atom. The quantitative estimate of drug-likeness (QED) is 0.834. The smallest absolute Gasteiger partial charge is 0.324 e. The van der Waals surface area contributed by atoms with Crippen molar-refractivity contribution in [2.45, 2.75) is 38.9 Å². The predicted molar refractivity (Wildman–Crippen MR) is 65.1 cm³/mol. The molecule has 1 saturated heterocycles. The standard InChI is InChI=1S/C11H16ClN3O3/c1-7(2)17-10-13-9(12)14-11(15-10)18-8-3-5-16-6-4-8/h7-8H,3-6H2,1-2H3. The van der Waals surface area contributed by atoms with Gasteiger partial charge in [0.05, 0.1) is 19.3 Å². The van der Waals surface area contributed by atoms with E-state index in [0.29, 0.717) is 13.2 Å². The molecular formula is C11H16ClN3O3. The van der Waals surface area contributed by atoms with Crippen molar-refractivity contribution in [1.82, 2.24) is 15.0 Å². The molecule has 0 aromatic carbocycles. The molecule has 2 rings (SSSR count). The maximum atomic E-state index is 5.80. The van der Waals surface area contributed by atoms with E-state index < -0.39 is 0 Å². The van der Waals surface area contributed by atoms with Crippen LogP contribution in [0.2, 0.25) is 5.28 Å². The fraction of sp³-hybridized carbons (Fsp3) is 0.727. The Hall–Kier alpha value is -1.14. The zero-order valence-electron chi connectivity index (χ0n) is 10.4. The first kappa shape index (κ1) is 13.3. The summed E-state index contributed by atoms with van der Waals surface area (Å²) in [6, 6.07) is 0.393. The second kappa shape index (κ2) is 6.15. The lowest BCUT2D eigenvalue weighted by Crippen LogP contribution is -2.26. The molecule has 0 N–H and O–H groups in total. The lowest BCUT2D eigenvalue weighted by molar-refractivity contribution is 0.0211. The SMILES string of the molecule is CC(C)Oc1nc(Cl)nc(OC2CCOCC2)n1. The first-order valence-corrected chi connectivity index (χ1v) is 6.34. The Balaban J connectivity index is 2.04. The van der Waals surface area contributed by atoms with E-state index in [4.69, 9.17) is 25.8 Å². The zero-order valence-corrected chi connectivity index (χ0v) is 11.2. The lowest BCUT2D eigenvalue weighted by atomic mass is 10.2. The maximum absolute atomic E-state index is 5.80. The van der Waals surface area contributed by atoms with Gasteiger partial charge in [-0.15, -0.1) is 4.98 Å². The van der Waals surface area contributed by atoms with E-state index in [1.54, 1.807) is 0 Å². The van der Waals surface area contributed by atoms with Crippen LogP contribution >= 0.6 is 11.6 Å². The third kappa shape index (κ3) is 3.96. The Labute approximate surface area is 111 Å². The molecule has 1 aliphatic rings. The van der Waals surface area contributed by atoms with Crippen LogP contribution in [0.5, 0.6) is 12.0 Å². The van der Waals surface area contributed by atoms with Crippen LogP contribution in [0.1, 0.15) is 26.7 Å². The minimum absolute atomic E-state index is 0.0283. The molecule has 6 nitrogen and oxygen atoms in total. The van der Waals surface area contributed by atoms with Crippen molar-refractivity contribution in [3.63, 3.8) is 0 Å². The summed E-state index contributed by atoms with van der Waals surface area (Å²) in [5.41, 5.74) is 0. The summed E-state index contributed by atoms with van der Waals surface area (Å²) in [4.78, 5) is 11.9. The molecule has 0 radical (unpaired) electrons. The minimum atomic E-state index is -0.0283. The number of hydrogen-bond donors (Lipinski definition) is 0. The molecule has 0 saturated carbocycles. The number of ether oxygens (including phenoxy) is 3. The molecule has 1 aliphatic heterocycles. The number of hydrogen-bond acceptors (Lipinski definition) is 6. The third-order valence-corrected chi connectivity index (χ3v) is 2.52. The van der Waals surface area contributed by atoms with Crippen LogP contribution in [0.4, 0.5) is 0 Å². The second-order valence-corrected chi connectivity index (χ2v) is 4.60. The molecule has 0 atom stereocenters. The van der Waals surface area contributed by atoms with Gasteiger partial charge in [0.2, 0.25) is 5.28 Å². The van der Waals surface area contributed by atoms with Crippen molar-refractivity contribution in [1.29, 1.82) is 0 Å². The van der Waals surface area contributed by atoms with Crippen molar-refractivity contribution in [2.75, 3.05) is 13.2 Å². The van der Waals surface area contributed by atoms with E-state index in [2.05, 4.69) is 15.0 Å². The summed E-state index contributed by atoms with van der Waals surface area (Å²) >= 11 is 5.80. The molecule has 1 aromatic heterocycles. The average Bonchev–Trinajstić information content (AvgIpc) is 2.28. The predicted octanol–water partition coefficient (Wildman–Crippen LogP) is 1.87. The molecule has 1 fully saturated rings. The van der Waals surface area contributed by atoms with Crippen LogP contribution in [-0.2, 0) is 4.74 Å². The first-order chi connectivity index (χ1) is 8.63. The molecule has 0 unspecified atom stereocenters. The lowest BCUT2D eigenvalue weighted by Gasteiger charge is -2.22. The summed E-state index contributed by atoms with van der Waals surface area (Å²) in [5.74, 6) is 0. The van der Waals surface area contributed by atoms with E-state index >= 15 is 0 Å². The molecule has 100 valence electrons. The highest BCUT2D eigenvalue weighted by Crippen LogP contribution is 2.18. The van der Waals surface area contributed by atoms with Crippen LogP contribution in [0, 0.1) is 0 Å². The van der Waals surface area contributed by atoms with E-state index in [9.17, 15) is 0 Å². The number of halogens is 1. The van der Waals surface area contributed by atoms with Gasteiger partial charge >= 0.3 is 12.0 Å². The monoisotopic (exact) mass is 273 g/mol. The summed E-state index contributed by atoms with van der Waals surface area (Å²) in [6.07, 6.45) is 1.68. The highest BCUT2D eigenvalue weighted by molar-refractivity contribution is 6.28. The van der Waals surface area contributed by atoms with Crippen molar-refractivity contribution in [3.8, 4) is 12.0 Å². The average molecular weight is 274 g/mol. The molecule has 18 heavy (non-hydrogen) atoms. The van der Waals surface area contributed by atoms with Gasteiger partial charge in [0.1, 0.15) is 6.10 Å². The van der Waals surface area contributed by atoms with Gasteiger partial charge in [-0.25, -0.2) is 0 Å². The van der Waals surface area contributed by atoms with Gasteiger partial charge in [-0.05, 0) is 25.4 Å². The molecule has 0 amide bonds. The van der Waals surface area contributed by atoms with Gasteiger partial charge in [-0.3, -0.25) is 0 Å². The normalized spacial score (nSPS) is 16.9. The Kier molecular flexibility index (Phi) is 4.54. The first-order valence-electron chi connectivity index (χ1n) is 5.96. The summed E-state index contributed by atoms with van der Waals surface area (Å²) < 4.78 is 16.3. The third-order valence-electron chi connectivity index (χ3n) is 2.35. The highest BCUT2D eigenvalue weighted by Gasteiger charge is 2.18. The van der Waals surface area contributed by atoms with Crippen LogP contribution < -0.4 is 9.47 Å². The summed E-state index contributed by atoms with van der Waals surface area (Å²) in [7, 11) is 0. The van der Waals surface area contributed by atoms with Crippen molar-refractivity contribution in [3.05, 3.63) is 5.28 Å². The molecule has 7 heteroatoms. The largest absolute Gasteiger partial charge is 0.461 e. The summed E-state index contributed by atoms with van der Waals surface area (Å²) in [5, 5.41) is 0.0720. The Bertz CT molecular complexity index is 397. The van der Waals surface area contributed by atoms with Gasteiger partial charge < -0.3 is 14.2 Å². The van der Waals surface area contributed by atoms with Crippen LogP contribution in [-0.4, -0.2) is 40.4 Å². The minimum Gasteiger partial charge on any atom is -0.461 e. The maximum Gasteiger partial charge on any atom is 0.324 e.